The molecule has 0 saturated carbocycles. The molecule has 0 spiro atoms. The molecule has 0 N–H and O–H groups in total. The highest BCUT2D eigenvalue weighted by atomic mass is 13.8. The van der Waals surface area contributed by atoms with E-state index in [9.17, 15) is 0 Å². The molecule has 0 radical (unpaired) electrons. The largest absolute Gasteiger partial charge is 0.0985 e. The Hall–Kier alpha value is -0.780. The second-order valence-electron chi connectivity index (χ2n) is 1.20. The molecule has 0 nitrogen and oxygen atoms in total. The second-order valence-corrected chi connectivity index (χ2v) is 1.20. The van der Waals surface area contributed by atoms with Gasteiger partial charge >= 0.3 is 0 Å². The van der Waals surface area contributed by atoms with Crippen LogP contribution >= 0.6 is 0 Å². The van der Waals surface area contributed by atoms with Crippen LogP contribution in [0.4, 0.5) is 0 Å². The van der Waals surface area contributed by atoms with E-state index in [2.05, 4.69) is 13.2 Å². The zero-order valence-electron chi connectivity index (χ0n) is 4.65. The molecule has 0 heterocycles. The maximum absolute atomic E-state index is 3.56. The van der Waals surface area contributed by atoms with Crippen LogP contribution in [-0.4, -0.2) is 0 Å². The van der Waals surface area contributed by atoms with Crippen LogP contribution < -0.4 is 0 Å². The number of hydrogen-bond donors (Lipinski definition) is 0. The van der Waals surface area contributed by atoms with E-state index in [1.165, 1.54) is 0 Å². The molecule has 0 saturated heterocycles. The van der Waals surface area contributed by atoms with Crippen LogP contribution in [0.25, 0.3) is 0 Å². The minimum Gasteiger partial charge on any atom is -0.0985 e. The molecule has 0 rings (SSSR count). The van der Waals surface area contributed by atoms with Crippen LogP contribution in [0.5, 0.6) is 0 Å². The molecule has 38 valence electrons. The molecule has 0 aromatic heterocycles. The van der Waals surface area contributed by atoms with Crippen LogP contribution in [-0.2, 0) is 0 Å². The van der Waals surface area contributed by atoms with Crippen LogP contribution in [0.3, 0.4) is 0 Å². The van der Waals surface area contributed by atoms with E-state index in [0.717, 1.165) is 5.57 Å². The standard InChI is InChI=1S/C7H10/c1-4-7(5-2)6-3/h4-6H,1-2H2,3H3. The normalized spacial score (nSPS) is 7.00. The highest BCUT2D eigenvalue weighted by Crippen LogP contribution is 1.92. The Morgan fingerprint density at radius 1 is 1.29 bits per heavy atom. The van der Waals surface area contributed by atoms with Gasteiger partial charge in [-0.15, -0.1) is 0 Å². The Morgan fingerprint density at radius 2 is 1.71 bits per heavy atom. The number of hydrogen-bond acceptors (Lipinski definition) is 0. The van der Waals surface area contributed by atoms with Crippen LogP contribution in [0.15, 0.2) is 37.0 Å². The zero-order valence-corrected chi connectivity index (χ0v) is 4.65. The Morgan fingerprint density at radius 3 is 1.71 bits per heavy atom. The maximum Gasteiger partial charge on any atom is -0.0311 e. The second kappa shape index (κ2) is 3.41. The first-order chi connectivity index (χ1) is 3.35. The maximum atomic E-state index is 3.56. The van der Waals surface area contributed by atoms with E-state index in [1.54, 1.807) is 12.2 Å². The summed E-state index contributed by atoms with van der Waals surface area (Å²) in [4.78, 5) is 0. The van der Waals surface area contributed by atoms with Gasteiger partial charge in [-0.2, -0.15) is 0 Å². The lowest BCUT2D eigenvalue weighted by atomic mass is 10.2. The molecular weight excluding hydrogens is 84.1 g/mol. The van der Waals surface area contributed by atoms with Gasteiger partial charge < -0.3 is 0 Å². The molecule has 0 bridgehead atoms. The quantitative estimate of drug-likeness (QED) is 0.460. The summed E-state index contributed by atoms with van der Waals surface area (Å²) < 4.78 is 0. The van der Waals surface area contributed by atoms with Crippen LogP contribution in [0, 0.1) is 0 Å². The van der Waals surface area contributed by atoms with Gasteiger partial charge in [0.2, 0.25) is 0 Å². The van der Waals surface area contributed by atoms with Gasteiger partial charge in [-0.25, -0.2) is 0 Å². The summed E-state index contributed by atoms with van der Waals surface area (Å²) >= 11 is 0. The SMILES string of the molecule is C=CC(C=C)=CC. The molecular formula is C7H10. The minimum absolute atomic E-state index is 1.08. The highest BCUT2D eigenvalue weighted by molar-refractivity contribution is 5.26. The Labute approximate surface area is 44.9 Å². The third-order valence-corrected chi connectivity index (χ3v) is 0.805. The zero-order chi connectivity index (χ0) is 5.70. The average molecular weight is 94.2 g/mol. The predicted octanol–water partition coefficient (Wildman–Crippen LogP) is 2.30. The fourth-order valence-electron chi connectivity index (χ4n) is 0.319. The lowest BCUT2D eigenvalue weighted by Crippen LogP contribution is -1.61. The third-order valence-electron chi connectivity index (χ3n) is 0.805. The summed E-state index contributed by atoms with van der Waals surface area (Å²) in [5.74, 6) is 0. The highest BCUT2D eigenvalue weighted by Gasteiger charge is 1.71. The molecule has 0 unspecified atom stereocenters. The van der Waals surface area contributed by atoms with E-state index >= 15 is 0 Å². The van der Waals surface area contributed by atoms with Gasteiger partial charge in [-0.05, 0) is 12.5 Å². The van der Waals surface area contributed by atoms with Crippen LogP contribution in [0.1, 0.15) is 6.92 Å². The molecule has 7 heavy (non-hydrogen) atoms. The topological polar surface area (TPSA) is 0 Å². The van der Waals surface area contributed by atoms with Gasteiger partial charge in [0.25, 0.3) is 0 Å². The summed E-state index contributed by atoms with van der Waals surface area (Å²) in [5.41, 5.74) is 1.08. The molecule has 0 fully saturated rings. The van der Waals surface area contributed by atoms with Crippen molar-refractivity contribution in [3.63, 3.8) is 0 Å². The molecule has 0 aromatic carbocycles. The van der Waals surface area contributed by atoms with Crippen molar-refractivity contribution in [2.24, 2.45) is 0 Å². The monoisotopic (exact) mass is 94.1 g/mol. The predicted molar refractivity (Wildman–Crippen MR) is 34.2 cm³/mol. The first kappa shape index (κ1) is 6.22. The van der Waals surface area contributed by atoms with E-state index < -0.39 is 0 Å². The van der Waals surface area contributed by atoms with E-state index in [4.69, 9.17) is 0 Å². The minimum atomic E-state index is 1.08. The fourth-order valence-corrected chi connectivity index (χ4v) is 0.319. The van der Waals surface area contributed by atoms with Gasteiger partial charge in [0, 0.05) is 0 Å². The third kappa shape index (κ3) is 1.99. The molecule has 0 amide bonds. The molecule has 0 aliphatic heterocycles. The van der Waals surface area contributed by atoms with Crippen molar-refractivity contribution >= 4 is 0 Å². The van der Waals surface area contributed by atoms with Crippen molar-refractivity contribution in [2.45, 2.75) is 6.92 Å². The lowest BCUT2D eigenvalue weighted by Gasteiger charge is -1.82. The van der Waals surface area contributed by atoms with Gasteiger partial charge in [0.15, 0.2) is 0 Å². The van der Waals surface area contributed by atoms with Gasteiger partial charge in [0.1, 0.15) is 0 Å². The van der Waals surface area contributed by atoms with Crippen molar-refractivity contribution < 1.29 is 0 Å². The smallest absolute Gasteiger partial charge is 0.0311 e. The Balaban J connectivity index is 3.85. The first-order valence-corrected chi connectivity index (χ1v) is 2.26. The number of rotatable bonds is 2. The summed E-state index contributed by atoms with van der Waals surface area (Å²) in [7, 11) is 0. The van der Waals surface area contributed by atoms with Crippen molar-refractivity contribution in [3.8, 4) is 0 Å². The van der Waals surface area contributed by atoms with Crippen molar-refractivity contribution in [2.75, 3.05) is 0 Å². The molecule has 0 aliphatic carbocycles. The summed E-state index contributed by atoms with van der Waals surface area (Å²) in [6.45, 7) is 9.08. The van der Waals surface area contributed by atoms with Crippen molar-refractivity contribution in [3.05, 3.63) is 37.0 Å². The van der Waals surface area contributed by atoms with E-state index in [1.807, 2.05) is 13.0 Å². The van der Waals surface area contributed by atoms with Gasteiger partial charge in [0.05, 0.1) is 0 Å². The molecule has 0 heteroatoms. The first-order valence-electron chi connectivity index (χ1n) is 2.26. The summed E-state index contributed by atoms with van der Waals surface area (Å²) in [5, 5.41) is 0. The average Bonchev–Trinajstić information content (AvgIpc) is 1.72. The lowest BCUT2D eigenvalue weighted by molar-refractivity contribution is 1.62. The van der Waals surface area contributed by atoms with Gasteiger partial charge in [-0.1, -0.05) is 31.4 Å². The molecule has 0 aromatic rings. The Bertz CT molecular complexity index is 86.6. The van der Waals surface area contributed by atoms with Crippen LogP contribution in [0.2, 0.25) is 0 Å². The van der Waals surface area contributed by atoms with E-state index in [-0.39, 0.29) is 0 Å². The van der Waals surface area contributed by atoms with Crippen molar-refractivity contribution in [1.82, 2.24) is 0 Å². The summed E-state index contributed by atoms with van der Waals surface area (Å²) in [6, 6.07) is 0. The summed E-state index contributed by atoms with van der Waals surface area (Å²) in [6.07, 6.45) is 5.50. The van der Waals surface area contributed by atoms with Gasteiger partial charge in [-0.3, -0.25) is 0 Å². The van der Waals surface area contributed by atoms with Crippen molar-refractivity contribution in [1.29, 1.82) is 0 Å². The van der Waals surface area contributed by atoms with E-state index in [0.29, 0.717) is 0 Å². The fraction of sp³-hybridized carbons (Fsp3) is 0.143. The number of allylic oxidation sites excluding steroid dienone is 4. The molecule has 0 aliphatic rings. The Kier molecular flexibility index (Phi) is 3.03. The molecule has 0 atom stereocenters.